The van der Waals surface area contributed by atoms with Crippen molar-refractivity contribution in [2.75, 3.05) is 5.32 Å². The maximum absolute atomic E-state index is 12.5. The van der Waals surface area contributed by atoms with Gasteiger partial charge in [0.2, 0.25) is 0 Å². The van der Waals surface area contributed by atoms with E-state index in [2.05, 4.69) is 5.32 Å². The minimum Gasteiger partial charge on any atom is -0.444 e. The van der Waals surface area contributed by atoms with Crippen molar-refractivity contribution in [2.45, 2.75) is 32.1 Å². The lowest BCUT2D eigenvalue weighted by Crippen LogP contribution is -2.27. The molecular weight excluding hydrogens is 273 g/mol. The van der Waals surface area contributed by atoms with Crippen molar-refractivity contribution in [2.24, 2.45) is 0 Å². The highest BCUT2D eigenvalue weighted by atomic mass is 32.3. The van der Waals surface area contributed by atoms with Gasteiger partial charge in [0.25, 0.3) is 0 Å². The Morgan fingerprint density at radius 1 is 1.26 bits per heavy atom. The molecule has 1 N–H and O–H groups in total. The molecule has 0 aliphatic heterocycles. The lowest BCUT2D eigenvalue weighted by molar-refractivity contribution is 0.0636. The fourth-order valence-electron chi connectivity index (χ4n) is 1.30. The molecule has 0 bridgehead atoms. The Bertz CT molecular complexity index is 546. The van der Waals surface area contributed by atoms with E-state index in [1.165, 1.54) is 24.3 Å². The predicted molar refractivity (Wildman–Crippen MR) is 70.0 cm³/mol. The van der Waals surface area contributed by atoms with Crippen molar-refractivity contribution in [3.63, 3.8) is 0 Å². The summed E-state index contributed by atoms with van der Waals surface area (Å²) >= 11 is 0. The van der Waals surface area contributed by atoms with Crippen LogP contribution in [0.4, 0.5) is 14.4 Å². The fraction of sp³-hybridized carbons (Fsp3) is 0.417. The first-order valence-electron chi connectivity index (χ1n) is 5.56. The number of hydrogen-bond acceptors (Lipinski definition) is 4. The second-order valence-corrected chi connectivity index (χ2v) is 6.37. The Balaban J connectivity index is 2.65. The summed E-state index contributed by atoms with van der Waals surface area (Å²) in [5.41, 5.74) is 0.137. The number of amides is 1. The summed E-state index contributed by atoms with van der Waals surface area (Å²) < 4.78 is 38.4. The molecule has 1 aromatic rings. The molecule has 1 rings (SSSR count). The molecule has 7 heteroatoms. The maximum atomic E-state index is 12.5. The van der Waals surface area contributed by atoms with Gasteiger partial charge in [-0.25, -0.2) is 4.79 Å². The SMILES string of the molecule is CC(C)(C)OC(=O)Nc1ccc(CS(=O)(=O)F)cc1. The first-order chi connectivity index (χ1) is 8.55. The molecule has 0 radical (unpaired) electrons. The van der Waals surface area contributed by atoms with Gasteiger partial charge < -0.3 is 4.74 Å². The van der Waals surface area contributed by atoms with Crippen molar-refractivity contribution in [3.8, 4) is 0 Å². The predicted octanol–water partition coefficient (Wildman–Crippen LogP) is 2.83. The van der Waals surface area contributed by atoms with Gasteiger partial charge in [0, 0.05) is 5.69 Å². The standard InChI is InChI=1S/C12H16FNO4S/c1-12(2,3)18-11(15)14-10-6-4-9(5-7-10)8-19(13,16)17/h4-7H,8H2,1-3H3,(H,14,15). The number of rotatable bonds is 3. The van der Waals surface area contributed by atoms with Gasteiger partial charge in [-0.05, 0) is 38.5 Å². The van der Waals surface area contributed by atoms with Crippen molar-refractivity contribution >= 4 is 22.0 Å². The van der Waals surface area contributed by atoms with Crippen LogP contribution in [0.2, 0.25) is 0 Å². The molecule has 0 aromatic heterocycles. The van der Waals surface area contributed by atoms with Gasteiger partial charge >= 0.3 is 16.3 Å². The minimum absolute atomic E-state index is 0.303. The molecule has 19 heavy (non-hydrogen) atoms. The largest absolute Gasteiger partial charge is 0.444 e. The van der Waals surface area contributed by atoms with Crippen LogP contribution in [0.5, 0.6) is 0 Å². The molecule has 0 saturated heterocycles. The summed E-state index contributed by atoms with van der Waals surface area (Å²) in [6.07, 6.45) is -0.613. The van der Waals surface area contributed by atoms with E-state index in [4.69, 9.17) is 4.74 Å². The molecule has 0 heterocycles. The third-order valence-electron chi connectivity index (χ3n) is 1.94. The molecule has 0 aliphatic carbocycles. The summed E-state index contributed by atoms with van der Waals surface area (Å²) in [6.45, 7) is 5.21. The lowest BCUT2D eigenvalue weighted by Gasteiger charge is -2.19. The zero-order chi connectivity index (χ0) is 14.7. The van der Waals surface area contributed by atoms with Gasteiger partial charge in [0.05, 0.1) is 0 Å². The van der Waals surface area contributed by atoms with Crippen LogP contribution in [-0.2, 0) is 20.7 Å². The Morgan fingerprint density at radius 3 is 2.21 bits per heavy atom. The van der Waals surface area contributed by atoms with Crippen LogP contribution in [0.25, 0.3) is 0 Å². The first kappa shape index (κ1) is 15.4. The number of anilines is 1. The lowest BCUT2D eigenvalue weighted by atomic mass is 10.2. The molecule has 0 unspecified atom stereocenters. The Labute approximate surface area is 112 Å². The zero-order valence-corrected chi connectivity index (χ0v) is 11.8. The van der Waals surface area contributed by atoms with Crippen molar-refractivity contribution < 1.29 is 21.8 Å². The van der Waals surface area contributed by atoms with E-state index in [9.17, 15) is 17.1 Å². The van der Waals surface area contributed by atoms with Crippen LogP contribution in [-0.4, -0.2) is 20.1 Å². The van der Waals surface area contributed by atoms with Gasteiger partial charge in [-0.1, -0.05) is 12.1 Å². The Kier molecular flexibility index (Phi) is 4.52. The molecule has 0 saturated carbocycles. The number of carbonyl (C=O) groups is 1. The van der Waals surface area contributed by atoms with E-state index in [1.54, 1.807) is 20.8 Å². The number of carbonyl (C=O) groups excluding carboxylic acids is 1. The summed E-state index contributed by atoms with van der Waals surface area (Å²) in [5.74, 6) is -0.681. The van der Waals surface area contributed by atoms with Crippen LogP contribution < -0.4 is 5.32 Å². The van der Waals surface area contributed by atoms with E-state index in [0.29, 0.717) is 11.3 Å². The smallest absolute Gasteiger partial charge is 0.412 e. The van der Waals surface area contributed by atoms with Gasteiger partial charge in [0.1, 0.15) is 11.4 Å². The highest BCUT2D eigenvalue weighted by Crippen LogP contribution is 2.14. The van der Waals surface area contributed by atoms with E-state index in [1.807, 2.05) is 0 Å². The van der Waals surface area contributed by atoms with Crippen LogP contribution in [0.15, 0.2) is 24.3 Å². The van der Waals surface area contributed by atoms with E-state index in [0.717, 1.165) is 0 Å². The van der Waals surface area contributed by atoms with Gasteiger partial charge in [-0.2, -0.15) is 8.42 Å². The maximum Gasteiger partial charge on any atom is 0.412 e. The van der Waals surface area contributed by atoms with Crippen LogP contribution >= 0.6 is 0 Å². The Morgan fingerprint density at radius 2 is 1.79 bits per heavy atom. The molecule has 0 spiro atoms. The van der Waals surface area contributed by atoms with Crippen molar-refractivity contribution in [3.05, 3.63) is 29.8 Å². The summed E-state index contributed by atoms with van der Waals surface area (Å²) in [5, 5.41) is 2.48. The highest BCUT2D eigenvalue weighted by Gasteiger charge is 2.16. The monoisotopic (exact) mass is 289 g/mol. The van der Waals surface area contributed by atoms with Crippen LogP contribution in [0.3, 0.4) is 0 Å². The van der Waals surface area contributed by atoms with Gasteiger partial charge in [-0.15, -0.1) is 3.89 Å². The molecular formula is C12H16FNO4S. The molecule has 0 fully saturated rings. The van der Waals surface area contributed by atoms with E-state index < -0.39 is 27.7 Å². The second kappa shape index (κ2) is 5.56. The second-order valence-electron chi connectivity index (χ2n) is 5.01. The van der Waals surface area contributed by atoms with Crippen molar-refractivity contribution in [1.82, 2.24) is 0 Å². The number of ether oxygens (including phenoxy) is 1. The quantitative estimate of drug-likeness (QED) is 0.868. The Hall–Kier alpha value is -1.63. The number of benzene rings is 1. The highest BCUT2D eigenvalue weighted by molar-refractivity contribution is 7.85. The molecule has 0 aliphatic rings. The third-order valence-corrected chi connectivity index (χ3v) is 2.62. The third kappa shape index (κ3) is 6.76. The van der Waals surface area contributed by atoms with E-state index in [-0.39, 0.29) is 0 Å². The number of nitrogens with one attached hydrogen (secondary N) is 1. The number of halogens is 1. The minimum atomic E-state index is -4.55. The molecule has 1 amide bonds. The fourth-order valence-corrected chi connectivity index (χ4v) is 1.90. The average Bonchev–Trinajstić information content (AvgIpc) is 2.15. The number of hydrogen-bond donors (Lipinski definition) is 1. The van der Waals surface area contributed by atoms with Crippen molar-refractivity contribution in [1.29, 1.82) is 0 Å². The molecule has 106 valence electrons. The van der Waals surface area contributed by atoms with E-state index >= 15 is 0 Å². The summed E-state index contributed by atoms with van der Waals surface area (Å²) in [4.78, 5) is 11.5. The first-order valence-corrected chi connectivity index (χ1v) is 7.12. The summed E-state index contributed by atoms with van der Waals surface area (Å²) in [7, 11) is -4.55. The van der Waals surface area contributed by atoms with Crippen LogP contribution in [0.1, 0.15) is 26.3 Å². The van der Waals surface area contributed by atoms with Gasteiger partial charge in [0.15, 0.2) is 0 Å². The molecule has 0 atom stereocenters. The zero-order valence-electron chi connectivity index (χ0n) is 10.9. The van der Waals surface area contributed by atoms with Crippen LogP contribution in [0, 0.1) is 0 Å². The van der Waals surface area contributed by atoms with Gasteiger partial charge in [-0.3, -0.25) is 5.32 Å². The average molecular weight is 289 g/mol. The summed E-state index contributed by atoms with van der Waals surface area (Å²) in [6, 6.07) is 5.79. The molecule has 1 aromatic carbocycles. The normalized spacial score (nSPS) is 12.0. The molecule has 5 nitrogen and oxygen atoms in total. The topological polar surface area (TPSA) is 72.5 Å².